The number of nitrogens with zero attached hydrogens (tertiary/aromatic N) is 3. The minimum atomic E-state index is -4.36. The highest BCUT2D eigenvalue weighted by Gasteiger charge is 2.35. The maximum absolute atomic E-state index is 13.5. The number of piperidine rings is 1. The third-order valence-electron chi connectivity index (χ3n) is 8.23. The number of carbonyl (C=O) groups excluding carboxylic acids is 1. The molecule has 210 valence electrons. The molecule has 0 bridgehead atoms. The van der Waals surface area contributed by atoms with Crippen molar-refractivity contribution < 1.29 is 18.0 Å². The van der Waals surface area contributed by atoms with Crippen molar-refractivity contribution in [2.45, 2.75) is 44.3 Å². The van der Waals surface area contributed by atoms with Crippen molar-refractivity contribution in [1.82, 2.24) is 25.0 Å². The van der Waals surface area contributed by atoms with Crippen LogP contribution in [0.4, 0.5) is 13.2 Å². The fourth-order valence-corrected chi connectivity index (χ4v) is 6.65. The van der Waals surface area contributed by atoms with E-state index in [1.54, 1.807) is 17.2 Å². The first-order valence-electron chi connectivity index (χ1n) is 13.5. The van der Waals surface area contributed by atoms with Crippen LogP contribution >= 0.6 is 11.6 Å². The number of benzene rings is 2. The highest BCUT2D eigenvalue weighted by Crippen LogP contribution is 2.35. The van der Waals surface area contributed by atoms with E-state index in [1.807, 2.05) is 30.3 Å². The number of carbonyl (C=O) groups is 1. The van der Waals surface area contributed by atoms with E-state index in [1.165, 1.54) is 4.90 Å². The van der Waals surface area contributed by atoms with E-state index >= 15 is 0 Å². The molecule has 0 spiro atoms. The highest BCUT2D eigenvalue weighted by atomic mass is 35.5. The van der Waals surface area contributed by atoms with Crippen LogP contribution in [0.2, 0.25) is 5.02 Å². The maximum Gasteiger partial charge on any atom is 0.401 e. The Morgan fingerprint density at radius 2 is 1.93 bits per heavy atom. The number of fused-ring (bicyclic) bond motifs is 4. The molecule has 4 aromatic rings. The summed E-state index contributed by atoms with van der Waals surface area (Å²) in [4.78, 5) is 32.2. The molecule has 1 amide bonds. The van der Waals surface area contributed by atoms with Gasteiger partial charge in [-0.25, -0.2) is 0 Å². The zero-order valence-electron chi connectivity index (χ0n) is 21.7. The summed E-state index contributed by atoms with van der Waals surface area (Å²) in [6.45, 7) is 0.225. The molecule has 1 atom stereocenters. The summed E-state index contributed by atoms with van der Waals surface area (Å²) in [5.41, 5.74) is 3.66. The number of halogens is 4. The first-order chi connectivity index (χ1) is 19.1. The molecule has 2 aromatic carbocycles. The van der Waals surface area contributed by atoms with Gasteiger partial charge in [-0.3, -0.25) is 19.6 Å². The van der Waals surface area contributed by atoms with Crippen molar-refractivity contribution in [1.29, 1.82) is 0 Å². The van der Waals surface area contributed by atoms with Crippen LogP contribution in [-0.2, 0) is 17.8 Å². The molecule has 0 saturated carbocycles. The summed E-state index contributed by atoms with van der Waals surface area (Å²) < 4.78 is 40.4. The SMILES string of the molecule is O=C(C[C@@H]1Cc2cc(Cl)c3[nH]ncc3c2CN(CC(F)(F)F)C1)N1CCC(c2cc3ccccc3[nH]c2=O)CC1. The molecule has 0 radical (unpaired) electrons. The number of alkyl halides is 3. The molecule has 2 aromatic heterocycles. The molecular formula is C29H29ClF3N5O2. The van der Waals surface area contributed by atoms with Gasteiger partial charge in [-0.15, -0.1) is 0 Å². The Labute approximate surface area is 233 Å². The number of nitrogens with one attached hydrogen (secondary N) is 2. The van der Waals surface area contributed by atoms with Gasteiger partial charge in [-0.2, -0.15) is 18.3 Å². The number of hydrogen-bond acceptors (Lipinski definition) is 4. The van der Waals surface area contributed by atoms with E-state index in [9.17, 15) is 22.8 Å². The van der Waals surface area contributed by atoms with Gasteiger partial charge in [0.15, 0.2) is 0 Å². The van der Waals surface area contributed by atoms with Crippen LogP contribution in [0.3, 0.4) is 0 Å². The third kappa shape index (κ3) is 5.47. The number of para-hydroxylation sites is 1. The van der Waals surface area contributed by atoms with Crippen molar-refractivity contribution in [2.24, 2.45) is 5.92 Å². The lowest BCUT2D eigenvalue weighted by molar-refractivity contribution is -0.148. The Balaban J connectivity index is 1.17. The molecule has 7 nitrogen and oxygen atoms in total. The standard InChI is InChI=1S/C29H29ClF3N5O2/c30-24-12-20-9-17(14-37(16-29(31,32)33)15-23(20)22-13-34-36-27(22)24)10-26(39)38-7-5-18(6-8-38)21-11-19-3-1-2-4-25(19)35-28(21)40/h1-4,11-13,17-18H,5-10,14-16H2,(H,34,36)(H,35,40)/t17-/m0/s1. The first-order valence-corrected chi connectivity index (χ1v) is 13.8. The van der Waals surface area contributed by atoms with E-state index in [2.05, 4.69) is 15.2 Å². The number of aromatic amines is 2. The summed E-state index contributed by atoms with van der Waals surface area (Å²) in [6.07, 6.45) is -0.829. The predicted octanol–water partition coefficient (Wildman–Crippen LogP) is 5.39. The van der Waals surface area contributed by atoms with Gasteiger partial charge in [0.2, 0.25) is 5.91 Å². The maximum atomic E-state index is 13.5. The van der Waals surface area contributed by atoms with Crippen LogP contribution in [0, 0.1) is 5.92 Å². The number of aromatic nitrogens is 3. The molecule has 1 fully saturated rings. The van der Waals surface area contributed by atoms with Gasteiger partial charge in [0.1, 0.15) is 0 Å². The second-order valence-corrected chi connectivity index (χ2v) is 11.4. The smallest absolute Gasteiger partial charge is 0.343 e. The number of amides is 1. The molecule has 40 heavy (non-hydrogen) atoms. The van der Waals surface area contributed by atoms with Gasteiger partial charge in [0, 0.05) is 49.1 Å². The molecule has 0 unspecified atom stereocenters. The van der Waals surface area contributed by atoms with Crippen LogP contribution in [0.1, 0.15) is 41.9 Å². The lowest BCUT2D eigenvalue weighted by Crippen LogP contribution is -2.41. The van der Waals surface area contributed by atoms with E-state index in [0.717, 1.165) is 27.6 Å². The molecule has 2 aliphatic heterocycles. The Bertz CT molecular complexity index is 1620. The van der Waals surface area contributed by atoms with E-state index < -0.39 is 12.7 Å². The van der Waals surface area contributed by atoms with Crippen LogP contribution < -0.4 is 5.56 Å². The van der Waals surface area contributed by atoms with Crippen molar-refractivity contribution in [3.05, 3.63) is 74.7 Å². The fraction of sp³-hybridized carbons (Fsp3) is 0.414. The van der Waals surface area contributed by atoms with Gasteiger partial charge >= 0.3 is 6.18 Å². The van der Waals surface area contributed by atoms with Crippen molar-refractivity contribution in [3.8, 4) is 0 Å². The molecule has 1 saturated heterocycles. The summed E-state index contributed by atoms with van der Waals surface area (Å²) in [5, 5.41) is 9.03. The monoisotopic (exact) mass is 571 g/mol. The average Bonchev–Trinajstić information content (AvgIpc) is 3.34. The quantitative estimate of drug-likeness (QED) is 0.344. The number of H-pyrrole nitrogens is 2. The van der Waals surface area contributed by atoms with Crippen LogP contribution in [0.25, 0.3) is 21.8 Å². The summed E-state index contributed by atoms with van der Waals surface area (Å²) in [6, 6.07) is 11.4. The van der Waals surface area contributed by atoms with Crippen LogP contribution in [0.5, 0.6) is 0 Å². The molecule has 4 heterocycles. The lowest BCUT2D eigenvalue weighted by Gasteiger charge is -2.33. The van der Waals surface area contributed by atoms with E-state index in [0.29, 0.717) is 48.3 Å². The fourth-order valence-electron chi connectivity index (χ4n) is 6.37. The Hall–Kier alpha value is -3.37. The largest absolute Gasteiger partial charge is 0.401 e. The molecule has 2 N–H and O–H groups in total. The van der Waals surface area contributed by atoms with Gasteiger partial charge < -0.3 is 9.88 Å². The molecule has 2 aliphatic rings. The zero-order chi connectivity index (χ0) is 28.0. The van der Waals surface area contributed by atoms with Crippen LogP contribution in [0.15, 0.2) is 47.4 Å². The first kappa shape index (κ1) is 26.8. The second kappa shape index (κ2) is 10.6. The number of pyridine rings is 1. The average molecular weight is 572 g/mol. The van der Waals surface area contributed by atoms with Crippen molar-refractivity contribution in [3.63, 3.8) is 0 Å². The normalized spacial score (nSPS) is 19.2. The van der Waals surface area contributed by atoms with Gasteiger partial charge in [-0.05, 0) is 65.8 Å². The number of rotatable bonds is 4. The summed E-state index contributed by atoms with van der Waals surface area (Å²) >= 11 is 6.45. The highest BCUT2D eigenvalue weighted by molar-refractivity contribution is 6.35. The number of likely N-dealkylation sites (tertiary alicyclic amines) is 1. The summed E-state index contributed by atoms with van der Waals surface area (Å²) in [7, 11) is 0. The van der Waals surface area contributed by atoms with Gasteiger partial charge in [-0.1, -0.05) is 29.8 Å². The van der Waals surface area contributed by atoms with Crippen molar-refractivity contribution >= 4 is 39.3 Å². The molecule has 6 rings (SSSR count). The zero-order valence-corrected chi connectivity index (χ0v) is 22.5. The van der Waals surface area contributed by atoms with Crippen molar-refractivity contribution in [2.75, 3.05) is 26.2 Å². The molecule has 0 aliphatic carbocycles. The molecule has 11 heteroatoms. The van der Waals surface area contributed by atoms with E-state index in [4.69, 9.17) is 11.6 Å². The number of hydrogen-bond donors (Lipinski definition) is 2. The Morgan fingerprint density at radius 1 is 1.15 bits per heavy atom. The van der Waals surface area contributed by atoms with E-state index in [-0.39, 0.29) is 42.8 Å². The minimum absolute atomic E-state index is 0.0453. The predicted molar refractivity (Wildman–Crippen MR) is 147 cm³/mol. The topological polar surface area (TPSA) is 85.1 Å². The summed E-state index contributed by atoms with van der Waals surface area (Å²) in [5.74, 6) is -0.316. The van der Waals surface area contributed by atoms with Gasteiger partial charge in [0.05, 0.1) is 23.3 Å². The minimum Gasteiger partial charge on any atom is -0.343 e. The second-order valence-electron chi connectivity index (χ2n) is 11.0. The Morgan fingerprint density at radius 3 is 2.70 bits per heavy atom. The lowest BCUT2D eigenvalue weighted by atomic mass is 9.88. The van der Waals surface area contributed by atoms with Crippen LogP contribution in [-0.4, -0.2) is 63.2 Å². The Kier molecular flexibility index (Phi) is 7.08. The van der Waals surface area contributed by atoms with Gasteiger partial charge in [0.25, 0.3) is 5.56 Å². The molecular weight excluding hydrogens is 543 g/mol. The third-order valence-corrected chi connectivity index (χ3v) is 8.53.